The number of pyridine rings is 1. The summed E-state index contributed by atoms with van der Waals surface area (Å²) >= 11 is 1.43. The third-order valence-corrected chi connectivity index (χ3v) is 5.24. The molecule has 0 aliphatic carbocycles. The number of hydrogen-bond acceptors (Lipinski definition) is 8. The number of hydrogen-bond donors (Lipinski definition) is 0. The monoisotopic (exact) mass is 412 g/mol. The Kier molecular flexibility index (Phi) is 5.30. The van der Waals surface area contributed by atoms with Gasteiger partial charge in [0.2, 0.25) is 11.6 Å². The molecule has 0 radical (unpaired) electrons. The lowest BCUT2D eigenvalue weighted by atomic mass is 10.2. The van der Waals surface area contributed by atoms with E-state index in [0.717, 1.165) is 16.9 Å². The van der Waals surface area contributed by atoms with Gasteiger partial charge in [0.1, 0.15) is 5.65 Å². The molecule has 3 heterocycles. The largest absolute Gasteiger partial charge is 0.493 e. The van der Waals surface area contributed by atoms with E-state index in [-0.39, 0.29) is 0 Å². The number of rotatable bonds is 7. The molecule has 3 aromatic heterocycles. The summed E-state index contributed by atoms with van der Waals surface area (Å²) in [4.78, 5) is 4.66. The predicted molar refractivity (Wildman–Crippen MR) is 109 cm³/mol. The molecule has 9 heteroatoms. The van der Waals surface area contributed by atoms with Crippen LogP contribution in [0.1, 0.15) is 11.3 Å². The van der Waals surface area contributed by atoms with Gasteiger partial charge in [0.25, 0.3) is 5.22 Å². The van der Waals surface area contributed by atoms with E-state index in [4.69, 9.17) is 18.6 Å². The molecule has 0 aliphatic heterocycles. The normalized spacial score (nSPS) is 11.0. The molecule has 4 rings (SSSR count). The first-order chi connectivity index (χ1) is 14.1. The van der Waals surface area contributed by atoms with Crippen LogP contribution in [-0.4, -0.2) is 40.9 Å². The lowest BCUT2D eigenvalue weighted by Gasteiger charge is -2.12. The van der Waals surface area contributed by atoms with Gasteiger partial charge < -0.3 is 23.0 Å². The second-order valence-electron chi connectivity index (χ2n) is 6.23. The molecule has 0 saturated carbocycles. The summed E-state index contributed by atoms with van der Waals surface area (Å²) < 4.78 is 23.9. The molecular weight excluding hydrogens is 392 g/mol. The van der Waals surface area contributed by atoms with E-state index < -0.39 is 0 Å². The lowest BCUT2D eigenvalue weighted by molar-refractivity contribution is 0.324. The number of benzene rings is 1. The zero-order chi connectivity index (χ0) is 20.4. The summed E-state index contributed by atoms with van der Waals surface area (Å²) in [6.45, 7) is 2.04. The standard InChI is InChI=1S/C20H20N4O4S/c1-12-6-5-7-24-10-14(21-18(12)24)11-29-20-23-22-19(28-20)13-8-15(25-2)17(27-4)16(9-13)26-3/h5-10H,11H2,1-4H3. The van der Waals surface area contributed by atoms with Crippen molar-refractivity contribution >= 4 is 17.4 Å². The molecule has 4 aromatic rings. The van der Waals surface area contributed by atoms with E-state index in [1.165, 1.54) is 11.8 Å². The topological polar surface area (TPSA) is 83.9 Å². The summed E-state index contributed by atoms with van der Waals surface area (Å²) in [5.74, 6) is 2.55. The summed E-state index contributed by atoms with van der Waals surface area (Å²) in [6, 6.07) is 7.59. The Balaban J connectivity index is 1.54. The molecule has 0 amide bonds. The van der Waals surface area contributed by atoms with Crippen molar-refractivity contribution < 1.29 is 18.6 Å². The van der Waals surface area contributed by atoms with Crippen molar-refractivity contribution in [3.8, 4) is 28.7 Å². The minimum Gasteiger partial charge on any atom is -0.493 e. The number of nitrogens with zero attached hydrogens (tertiary/aromatic N) is 4. The van der Waals surface area contributed by atoms with Crippen molar-refractivity contribution in [1.82, 2.24) is 19.6 Å². The SMILES string of the molecule is COc1cc(-c2nnc(SCc3cn4cccc(C)c4n3)o2)cc(OC)c1OC. The molecule has 29 heavy (non-hydrogen) atoms. The van der Waals surface area contributed by atoms with Crippen LogP contribution in [0.25, 0.3) is 17.1 Å². The Morgan fingerprint density at radius 2 is 1.83 bits per heavy atom. The van der Waals surface area contributed by atoms with E-state index >= 15 is 0 Å². The number of imidazole rings is 1. The molecular formula is C20H20N4O4S. The van der Waals surface area contributed by atoms with Gasteiger partial charge in [-0.2, -0.15) is 0 Å². The number of aryl methyl sites for hydroxylation is 1. The maximum absolute atomic E-state index is 5.82. The average Bonchev–Trinajstić information content (AvgIpc) is 3.38. The molecule has 0 bridgehead atoms. The third-order valence-electron chi connectivity index (χ3n) is 4.39. The number of thioether (sulfide) groups is 1. The van der Waals surface area contributed by atoms with Crippen molar-refractivity contribution in [2.45, 2.75) is 17.9 Å². The molecule has 0 N–H and O–H groups in total. The van der Waals surface area contributed by atoms with Crippen LogP contribution in [-0.2, 0) is 5.75 Å². The quantitative estimate of drug-likeness (QED) is 0.421. The predicted octanol–water partition coefficient (Wildman–Crippen LogP) is 4.01. The van der Waals surface area contributed by atoms with Crippen molar-refractivity contribution in [1.29, 1.82) is 0 Å². The smallest absolute Gasteiger partial charge is 0.277 e. The first-order valence-corrected chi connectivity index (χ1v) is 9.81. The Morgan fingerprint density at radius 1 is 1.07 bits per heavy atom. The first kappa shape index (κ1) is 19.1. The summed E-state index contributed by atoms with van der Waals surface area (Å²) in [7, 11) is 4.68. The van der Waals surface area contributed by atoms with Gasteiger partial charge in [0.15, 0.2) is 11.5 Å². The highest BCUT2D eigenvalue weighted by Gasteiger charge is 2.18. The van der Waals surface area contributed by atoms with Crippen LogP contribution < -0.4 is 14.2 Å². The maximum atomic E-state index is 5.82. The van der Waals surface area contributed by atoms with Gasteiger partial charge in [-0.3, -0.25) is 0 Å². The second-order valence-corrected chi connectivity index (χ2v) is 7.16. The second kappa shape index (κ2) is 8.04. The zero-order valence-electron chi connectivity index (χ0n) is 16.5. The van der Waals surface area contributed by atoms with Gasteiger partial charge in [0, 0.05) is 23.7 Å². The van der Waals surface area contributed by atoms with Crippen molar-refractivity contribution in [2.75, 3.05) is 21.3 Å². The fourth-order valence-electron chi connectivity index (χ4n) is 3.00. The number of fused-ring (bicyclic) bond motifs is 1. The van der Waals surface area contributed by atoms with Crippen LogP contribution >= 0.6 is 11.8 Å². The number of aromatic nitrogens is 4. The highest BCUT2D eigenvalue weighted by molar-refractivity contribution is 7.98. The fourth-order valence-corrected chi connectivity index (χ4v) is 3.65. The summed E-state index contributed by atoms with van der Waals surface area (Å²) in [5, 5.41) is 8.74. The molecule has 8 nitrogen and oxygen atoms in total. The van der Waals surface area contributed by atoms with Crippen LogP contribution in [0.15, 0.2) is 46.3 Å². The molecule has 0 spiro atoms. The minimum absolute atomic E-state index is 0.373. The van der Waals surface area contributed by atoms with Gasteiger partial charge in [-0.25, -0.2) is 4.98 Å². The van der Waals surface area contributed by atoms with E-state index in [9.17, 15) is 0 Å². The van der Waals surface area contributed by atoms with Gasteiger partial charge in [0.05, 0.1) is 27.0 Å². The van der Waals surface area contributed by atoms with E-state index in [2.05, 4.69) is 15.2 Å². The van der Waals surface area contributed by atoms with Gasteiger partial charge in [-0.1, -0.05) is 17.8 Å². The summed E-state index contributed by atoms with van der Waals surface area (Å²) in [6.07, 6.45) is 3.99. The molecule has 0 atom stereocenters. The maximum Gasteiger partial charge on any atom is 0.277 e. The average molecular weight is 412 g/mol. The lowest BCUT2D eigenvalue weighted by Crippen LogP contribution is -1.95. The van der Waals surface area contributed by atoms with Gasteiger partial charge in [-0.15, -0.1) is 10.2 Å². The Labute approximate surface area is 171 Å². The van der Waals surface area contributed by atoms with Crippen LogP contribution in [0, 0.1) is 6.92 Å². The highest BCUT2D eigenvalue weighted by atomic mass is 32.2. The molecule has 1 aromatic carbocycles. The van der Waals surface area contributed by atoms with Crippen molar-refractivity contribution in [3.05, 3.63) is 47.9 Å². The third kappa shape index (κ3) is 3.73. The Hall–Kier alpha value is -3.20. The van der Waals surface area contributed by atoms with Crippen molar-refractivity contribution in [3.63, 3.8) is 0 Å². The zero-order valence-corrected chi connectivity index (χ0v) is 17.3. The molecule has 0 aliphatic rings. The van der Waals surface area contributed by atoms with Gasteiger partial charge in [-0.05, 0) is 30.7 Å². The minimum atomic E-state index is 0.373. The van der Waals surface area contributed by atoms with E-state index in [1.807, 2.05) is 35.9 Å². The number of ether oxygens (including phenoxy) is 3. The number of methoxy groups -OCH3 is 3. The first-order valence-electron chi connectivity index (χ1n) is 8.82. The van der Waals surface area contributed by atoms with Gasteiger partial charge >= 0.3 is 0 Å². The highest BCUT2D eigenvalue weighted by Crippen LogP contribution is 2.41. The van der Waals surface area contributed by atoms with E-state index in [0.29, 0.717) is 39.7 Å². The molecule has 150 valence electrons. The summed E-state index contributed by atoms with van der Waals surface area (Å²) in [5.41, 5.74) is 3.71. The van der Waals surface area contributed by atoms with Crippen molar-refractivity contribution in [2.24, 2.45) is 0 Å². The van der Waals surface area contributed by atoms with Crippen LogP contribution in [0.4, 0.5) is 0 Å². The Morgan fingerprint density at radius 3 is 2.48 bits per heavy atom. The van der Waals surface area contributed by atoms with Crippen LogP contribution in [0.3, 0.4) is 0 Å². The van der Waals surface area contributed by atoms with Crippen LogP contribution in [0.5, 0.6) is 17.2 Å². The molecule has 0 saturated heterocycles. The molecule has 0 unspecified atom stereocenters. The van der Waals surface area contributed by atoms with E-state index in [1.54, 1.807) is 33.5 Å². The fraction of sp³-hybridized carbons (Fsp3) is 0.250. The van der Waals surface area contributed by atoms with Crippen LogP contribution in [0.2, 0.25) is 0 Å². The molecule has 0 fully saturated rings. The Bertz CT molecular complexity index is 1130.